The van der Waals surface area contributed by atoms with Crippen molar-refractivity contribution in [2.45, 2.75) is 19.5 Å². The molecule has 1 aliphatic heterocycles. The Hall–Kier alpha value is -4.91. The molecule has 1 aliphatic rings. The van der Waals surface area contributed by atoms with Gasteiger partial charge < -0.3 is 14.8 Å². The summed E-state index contributed by atoms with van der Waals surface area (Å²) in [7, 11) is 1.30. The standard InChI is InChI=1S/C31H26N2O5/c1-20-26(30(35)37-2)28(32-31(36)33(20)19-21-11-5-3-6-12-21)27-24-16-10-9-13-22(24)17-18-25(27)38-29(34)23-14-7-4-8-15-23/h3-18,28H,19H2,1-2H3,(H,32,36)/t28-/m1/s1. The Balaban J connectivity index is 1.65. The molecular formula is C31H26N2O5. The molecule has 0 saturated heterocycles. The van der Waals surface area contributed by atoms with Crippen LogP contribution in [0.1, 0.15) is 34.5 Å². The summed E-state index contributed by atoms with van der Waals surface area (Å²) in [5.41, 5.74) is 2.51. The van der Waals surface area contributed by atoms with Crippen molar-refractivity contribution in [2.24, 2.45) is 0 Å². The normalized spacial score (nSPS) is 15.3. The predicted octanol–water partition coefficient (Wildman–Crippen LogP) is 5.77. The van der Waals surface area contributed by atoms with E-state index in [1.54, 1.807) is 37.3 Å². The number of nitrogens with zero attached hydrogens (tertiary/aromatic N) is 1. The zero-order valence-corrected chi connectivity index (χ0v) is 21.0. The lowest BCUT2D eigenvalue weighted by molar-refractivity contribution is -0.136. The van der Waals surface area contributed by atoms with E-state index in [9.17, 15) is 14.4 Å². The van der Waals surface area contributed by atoms with Crippen LogP contribution in [0.5, 0.6) is 5.75 Å². The number of carbonyl (C=O) groups is 3. The van der Waals surface area contributed by atoms with Crippen LogP contribution in [0.15, 0.2) is 108 Å². The van der Waals surface area contributed by atoms with Gasteiger partial charge in [-0.3, -0.25) is 4.90 Å². The maximum Gasteiger partial charge on any atom is 0.343 e. The number of methoxy groups -OCH3 is 1. The summed E-state index contributed by atoms with van der Waals surface area (Å²) < 4.78 is 11.0. The summed E-state index contributed by atoms with van der Waals surface area (Å²) in [6.07, 6.45) is 0. The van der Waals surface area contributed by atoms with E-state index >= 15 is 0 Å². The number of ether oxygens (including phenoxy) is 2. The fourth-order valence-corrected chi connectivity index (χ4v) is 4.72. The molecule has 2 amide bonds. The minimum absolute atomic E-state index is 0.244. The van der Waals surface area contributed by atoms with Crippen LogP contribution >= 0.6 is 0 Å². The van der Waals surface area contributed by atoms with Crippen molar-refractivity contribution in [3.8, 4) is 5.75 Å². The second kappa shape index (κ2) is 10.6. The molecule has 1 atom stereocenters. The van der Waals surface area contributed by atoms with E-state index < -0.39 is 18.0 Å². The first-order chi connectivity index (χ1) is 18.5. The van der Waals surface area contributed by atoms with Crippen LogP contribution in [0.3, 0.4) is 0 Å². The number of nitrogens with one attached hydrogen (secondary N) is 1. The first-order valence-electron chi connectivity index (χ1n) is 12.2. The van der Waals surface area contributed by atoms with Crippen molar-refractivity contribution in [3.05, 3.63) is 125 Å². The highest BCUT2D eigenvalue weighted by Crippen LogP contribution is 2.40. The molecule has 0 radical (unpaired) electrons. The van der Waals surface area contributed by atoms with Gasteiger partial charge in [0.05, 0.1) is 30.8 Å². The third-order valence-corrected chi connectivity index (χ3v) is 6.62. The van der Waals surface area contributed by atoms with Gasteiger partial charge in [-0.1, -0.05) is 78.9 Å². The van der Waals surface area contributed by atoms with E-state index in [-0.39, 0.29) is 23.9 Å². The van der Waals surface area contributed by atoms with Crippen molar-refractivity contribution >= 4 is 28.7 Å². The number of esters is 2. The van der Waals surface area contributed by atoms with Crippen molar-refractivity contribution in [1.29, 1.82) is 0 Å². The Kier molecular flexibility index (Phi) is 6.91. The lowest BCUT2D eigenvalue weighted by Crippen LogP contribution is -2.47. The van der Waals surface area contributed by atoms with Gasteiger partial charge in [-0.2, -0.15) is 0 Å². The topological polar surface area (TPSA) is 84.9 Å². The highest BCUT2D eigenvalue weighted by molar-refractivity contribution is 5.99. The van der Waals surface area contributed by atoms with Gasteiger partial charge in [0.15, 0.2) is 0 Å². The number of allylic oxidation sites excluding steroid dienone is 1. The number of carbonyl (C=O) groups excluding carboxylic acids is 3. The first kappa shape index (κ1) is 24.8. The van der Waals surface area contributed by atoms with Gasteiger partial charge in [0, 0.05) is 11.3 Å². The minimum atomic E-state index is -0.911. The van der Waals surface area contributed by atoms with Crippen LogP contribution in [-0.4, -0.2) is 30.0 Å². The third kappa shape index (κ3) is 4.74. The predicted molar refractivity (Wildman–Crippen MR) is 143 cm³/mol. The second-order valence-corrected chi connectivity index (χ2v) is 8.90. The minimum Gasteiger partial charge on any atom is -0.466 e. The molecule has 0 fully saturated rings. The molecule has 4 aromatic rings. The molecule has 7 heteroatoms. The van der Waals surface area contributed by atoms with Crippen LogP contribution in [0.2, 0.25) is 0 Å². The Morgan fingerprint density at radius 2 is 1.50 bits per heavy atom. The average molecular weight is 507 g/mol. The van der Waals surface area contributed by atoms with Gasteiger partial charge in [-0.15, -0.1) is 0 Å². The van der Waals surface area contributed by atoms with Gasteiger partial charge in [0.2, 0.25) is 0 Å². The molecule has 38 heavy (non-hydrogen) atoms. The number of hydrogen-bond acceptors (Lipinski definition) is 5. The number of rotatable bonds is 6. The molecule has 0 unspecified atom stereocenters. The highest BCUT2D eigenvalue weighted by Gasteiger charge is 2.38. The van der Waals surface area contributed by atoms with Crippen LogP contribution in [-0.2, 0) is 16.1 Å². The molecule has 190 valence electrons. The summed E-state index contributed by atoms with van der Waals surface area (Å²) in [5.74, 6) is -0.886. The molecule has 0 spiro atoms. The third-order valence-electron chi connectivity index (χ3n) is 6.62. The summed E-state index contributed by atoms with van der Waals surface area (Å²) in [5, 5.41) is 4.58. The quantitative estimate of drug-likeness (QED) is 0.265. The molecule has 7 nitrogen and oxygen atoms in total. The molecule has 0 saturated carbocycles. The lowest BCUT2D eigenvalue weighted by atomic mass is 9.90. The zero-order chi connectivity index (χ0) is 26.6. The largest absolute Gasteiger partial charge is 0.466 e. The van der Waals surface area contributed by atoms with Crippen LogP contribution in [0.4, 0.5) is 4.79 Å². The van der Waals surface area contributed by atoms with Gasteiger partial charge in [0.25, 0.3) is 0 Å². The second-order valence-electron chi connectivity index (χ2n) is 8.90. The Morgan fingerprint density at radius 1 is 0.842 bits per heavy atom. The zero-order valence-electron chi connectivity index (χ0n) is 21.0. The van der Waals surface area contributed by atoms with Gasteiger partial charge in [-0.05, 0) is 41.5 Å². The van der Waals surface area contributed by atoms with E-state index in [0.717, 1.165) is 16.3 Å². The Morgan fingerprint density at radius 3 is 2.21 bits per heavy atom. The monoisotopic (exact) mass is 506 g/mol. The lowest BCUT2D eigenvalue weighted by Gasteiger charge is -2.36. The van der Waals surface area contributed by atoms with E-state index in [0.29, 0.717) is 16.8 Å². The molecular weight excluding hydrogens is 480 g/mol. The summed E-state index contributed by atoms with van der Waals surface area (Å²) in [6, 6.07) is 27.9. The maximum absolute atomic E-state index is 13.5. The fourth-order valence-electron chi connectivity index (χ4n) is 4.72. The average Bonchev–Trinajstić information content (AvgIpc) is 2.95. The van der Waals surface area contributed by atoms with E-state index in [4.69, 9.17) is 9.47 Å². The molecule has 1 N–H and O–H groups in total. The number of hydrogen-bond donors (Lipinski definition) is 1. The Bertz CT molecular complexity index is 1550. The van der Waals surface area contributed by atoms with Crippen molar-refractivity contribution < 1.29 is 23.9 Å². The molecule has 0 bridgehead atoms. The van der Waals surface area contributed by atoms with E-state index in [1.807, 2.05) is 66.7 Å². The van der Waals surface area contributed by atoms with Gasteiger partial charge >= 0.3 is 18.0 Å². The smallest absolute Gasteiger partial charge is 0.343 e. The number of fused-ring (bicyclic) bond motifs is 1. The Labute approximate surface area is 220 Å². The number of urea groups is 1. The fraction of sp³-hybridized carbons (Fsp3) is 0.129. The van der Waals surface area contributed by atoms with Crippen LogP contribution in [0, 0.1) is 0 Å². The van der Waals surface area contributed by atoms with Crippen molar-refractivity contribution in [3.63, 3.8) is 0 Å². The number of amides is 2. The first-order valence-corrected chi connectivity index (χ1v) is 12.2. The SMILES string of the molecule is COC(=O)C1=C(C)N(Cc2ccccc2)C(=O)N[C@H]1c1c(OC(=O)c2ccccc2)ccc2ccccc12. The van der Waals surface area contributed by atoms with E-state index in [1.165, 1.54) is 12.0 Å². The summed E-state index contributed by atoms with van der Waals surface area (Å²) >= 11 is 0. The van der Waals surface area contributed by atoms with Crippen molar-refractivity contribution in [1.82, 2.24) is 10.2 Å². The molecule has 5 rings (SSSR count). The van der Waals surface area contributed by atoms with Crippen molar-refractivity contribution in [2.75, 3.05) is 7.11 Å². The van der Waals surface area contributed by atoms with Gasteiger partial charge in [-0.25, -0.2) is 14.4 Å². The molecule has 0 aliphatic carbocycles. The number of benzene rings is 4. The maximum atomic E-state index is 13.5. The van der Waals surface area contributed by atoms with Crippen LogP contribution < -0.4 is 10.1 Å². The molecule has 0 aromatic heterocycles. The van der Waals surface area contributed by atoms with Gasteiger partial charge in [0.1, 0.15) is 5.75 Å². The highest BCUT2D eigenvalue weighted by atomic mass is 16.5. The van der Waals surface area contributed by atoms with Crippen LogP contribution in [0.25, 0.3) is 10.8 Å². The summed E-state index contributed by atoms with van der Waals surface area (Å²) in [6.45, 7) is 2.00. The molecule has 4 aromatic carbocycles. The van der Waals surface area contributed by atoms with E-state index in [2.05, 4.69) is 5.32 Å². The summed E-state index contributed by atoms with van der Waals surface area (Å²) in [4.78, 5) is 41.2. The molecule has 1 heterocycles.